The van der Waals surface area contributed by atoms with Gasteiger partial charge in [0.2, 0.25) is 5.91 Å². The van der Waals surface area contributed by atoms with Crippen molar-refractivity contribution >= 4 is 5.91 Å². The number of rotatable bonds is 5. The maximum absolute atomic E-state index is 11.6. The lowest BCUT2D eigenvalue weighted by Gasteiger charge is -2.33. The van der Waals surface area contributed by atoms with Gasteiger partial charge in [-0.25, -0.2) is 0 Å². The summed E-state index contributed by atoms with van der Waals surface area (Å²) in [5.41, 5.74) is 9.84. The van der Waals surface area contributed by atoms with Gasteiger partial charge in [-0.1, -0.05) is 18.2 Å². The van der Waals surface area contributed by atoms with E-state index < -0.39 is 5.91 Å². The standard InChI is InChI=1S/C22H23N5O/c23-22(28)18-6-1-5-17(12-18)20-21(26-10-9-25-20)19-7-3-11-27(15-19)14-16-4-2-8-24-13-16/h1-2,4-6,8-10,12-13,19H,3,7,11,14-15H2,(H2,23,28)/t19-/m1/s1. The van der Waals surface area contributed by atoms with Gasteiger partial charge < -0.3 is 5.73 Å². The van der Waals surface area contributed by atoms with Crippen LogP contribution >= 0.6 is 0 Å². The summed E-state index contributed by atoms with van der Waals surface area (Å²) in [7, 11) is 0. The van der Waals surface area contributed by atoms with E-state index >= 15 is 0 Å². The number of hydrogen-bond donors (Lipinski definition) is 1. The van der Waals surface area contributed by atoms with E-state index in [1.807, 2.05) is 24.4 Å². The van der Waals surface area contributed by atoms with Gasteiger partial charge in [0.1, 0.15) is 0 Å². The Bertz CT molecular complexity index is 960. The molecule has 1 amide bonds. The molecule has 0 saturated carbocycles. The Hall–Kier alpha value is -3.12. The van der Waals surface area contributed by atoms with Crippen LogP contribution in [0.4, 0.5) is 0 Å². The Morgan fingerprint density at radius 3 is 2.86 bits per heavy atom. The Morgan fingerprint density at radius 1 is 1.14 bits per heavy atom. The third-order valence-electron chi connectivity index (χ3n) is 5.17. The van der Waals surface area contributed by atoms with Crippen LogP contribution in [0, 0.1) is 0 Å². The minimum absolute atomic E-state index is 0.298. The number of carbonyl (C=O) groups is 1. The molecule has 2 aromatic heterocycles. The third-order valence-corrected chi connectivity index (χ3v) is 5.17. The van der Waals surface area contributed by atoms with Gasteiger partial charge in [0, 0.05) is 54.9 Å². The second-order valence-corrected chi connectivity index (χ2v) is 7.17. The highest BCUT2D eigenvalue weighted by molar-refractivity contribution is 5.94. The molecular formula is C22H23N5O. The lowest BCUT2D eigenvalue weighted by Crippen LogP contribution is -2.34. The zero-order chi connectivity index (χ0) is 19.3. The Morgan fingerprint density at radius 2 is 2.04 bits per heavy atom. The maximum atomic E-state index is 11.6. The summed E-state index contributed by atoms with van der Waals surface area (Å²) in [5.74, 6) is -0.140. The average Bonchev–Trinajstić information content (AvgIpc) is 2.75. The van der Waals surface area contributed by atoms with E-state index in [0.717, 1.165) is 49.4 Å². The minimum atomic E-state index is -0.437. The van der Waals surface area contributed by atoms with Gasteiger partial charge >= 0.3 is 0 Å². The molecule has 142 valence electrons. The lowest BCUT2D eigenvalue weighted by molar-refractivity contribution is 0.100. The smallest absolute Gasteiger partial charge is 0.248 e. The molecule has 1 aliphatic rings. The maximum Gasteiger partial charge on any atom is 0.248 e. The van der Waals surface area contributed by atoms with Gasteiger partial charge in [0.05, 0.1) is 11.4 Å². The molecule has 1 aliphatic heterocycles. The van der Waals surface area contributed by atoms with Crippen LogP contribution in [0.5, 0.6) is 0 Å². The first-order chi connectivity index (χ1) is 13.7. The molecule has 1 atom stereocenters. The van der Waals surface area contributed by atoms with Crippen LogP contribution in [0.3, 0.4) is 0 Å². The number of likely N-dealkylation sites (tertiary alicyclic amines) is 1. The summed E-state index contributed by atoms with van der Waals surface area (Å²) in [5, 5.41) is 0. The normalized spacial score (nSPS) is 17.4. The van der Waals surface area contributed by atoms with Gasteiger partial charge in [-0.2, -0.15) is 0 Å². The molecule has 2 N–H and O–H groups in total. The highest BCUT2D eigenvalue weighted by Gasteiger charge is 2.25. The topological polar surface area (TPSA) is 85.0 Å². The number of primary amides is 1. The number of hydrogen-bond acceptors (Lipinski definition) is 5. The zero-order valence-electron chi connectivity index (χ0n) is 15.7. The molecule has 0 aliphatic carbocycles. The van der Waals surface area contributed by atoms with Gasteiger partial charge in [0.25, 0.3) is 0 Å². The van der Waals surface area contributed by atoms with Gasteiger partial charge in [-0.3, -0.25) is 24.6 Å². The quantitative estimate of drug-likeness (QED) is 0.743. The largest absolute Gasteiger partial charge is 0.366 e. The van der Waals surface area contributed by atoms with Crippen LogP contribution in [0.15, 0.2) is 61.2 Å². The van der Waals surface area contributed by atoms with E-state index in [-0.39, 0.29) is 0 Å². The first-order valence-electron chi connectivity index (χ1n) is 9.53. The summed E-state index contributed by atoms with van der Waals surface area (Å²) in [4.78, 5) is 27.5. The summed E-state index contributed by atoms with van der Waals surface area (Å²) >= 11 is 0. The number of carbonyl (C=O) groups excluding carboxylic acids is 1. The van der Waals surface area contributed by atoms with Crippen LogP contribution in [-0.4, -0.2) is 38.8 Å². The predicted molar refractivity (Wildman–Crippen MR) is 107 cm³/mol. The predicted octanol–water partition coefficient (Wildman–Crippen LogP) is 3.02. The number of pyridine rings is 1. The fraction of sp³-hybridized carbons (Fsp3) is 0.273. The fourth-order valence-corrected chi connectivity index (χ4v) is 3.86. The van der Waals surface area contributed by atoms with Gasteiger partial charge in [0.15, 0.2) is 0 Å². The van der Waals surface area contributed by atoms with Crippen LogP contribution in [0.2, 0.25) is 0 Å². The molecule has 6 nitrogen and oxygen atoms in total. The molecule has 0 spiro atoms. The third kappa shape index (κ3) is 4.07. The zero-order valence-corrected chi connectivity index (χ0v) is 15.7. The average molecular weight is 373 g/mol. The van der Waals surface area contributed by atoms with Gasteiger partial charge in [-0.05, 0) is 43.1 Å². The van der Waals surface area contributed by atoms with Crippen molar-refractivity contribution in [2.24, 2.45) is 5.73 Å². The Labute approximate surface area is 164 Å². The molecular weight excluding hydrogens is 350 g/mol. The molecule has 1 fully saturated rings. The number of piperidine rings is 1. The van der Waals surface area contributed by atoms with Crippen molar-refractivity contribution in [2.45, 2.75) is 25.3 Å². The fourth-order valence-electron chi connectivity index (χ4n) is 3.86. The van der Waals surface area contributed by atoms with Crippen molar-refractivity contribution in [3.63, 3.8) is 0 Å². The van der Waals surface area contributed by atoms with E-state index in [4.69, 9.17) is 5.73 Å². The van der Waals surface area contributed by atoms with Crippen LogP contribution in [-0.2, 0) is 6.54 Å². The monoisotopic (exact) mass is 373 g/mol. The molecule has 1 aromatic carbocycles. The van der Waals surface area contributed by atoms with Crippen LogP contribution < -0.4 is 5.73 Å². The summed E-state index contributed by atoms with van der Waals surface area (Å²) in [6, 6.07) is 11.4. The molecule has 3 heterocycles. The van der Waals surface area contributed by atoms with E-state index in [2.05, 4.69) is 25.9 Å². The highest BCUT2D eigenvalue weighted by Crippen LogP contribution is 2.32. The van der Waals surface area contributed by atoms with Crippen LogP contribution in [0.25, 0.3) is 11.3 Å². The molecule has 1 saturated heterocycles. The Balaban J connectivity index is 1.59. The second kappa shape index (κ2) is 8.27. The molecule has 4 rings (SSSR count). The summed E-state index contributed by atoms with van der Waals surface area (Å²) in [6.07, 6.45) is 9.36. The SMILES string of the molecule is NC(=O)c1cccc(-c2nccnc2[C@@H]2CCCN(Cc3cccnc3)C2)c1. The van der Waals surface area contributed by atoms with Crippen molar-refractivity contribution < 1.29 is 4.79 Å². The first kappa shape index (κ1) is 18.3. The van der Waals surface area contributed by atoms with Crippen molar-refractivity contribution in [3.05, 3.63) is 78.0 Å². The molecule has 3 aromatic rings. The lowest BCUT2D eigenvalue weighted by atomic mass is 9.91. The minimum Gasteiger partial charge on any atom is -0.366 e. The molecule has 0 radical (unpaired) electrons. The number of aromatic nitrogens is 3. The van der Waals surface area contributed by atoms with E-state index in [0.29, 0.717) is 11.5 Å². The number of nitrogens with two attached hydrogens (primary N) is 1. The molecule has 6 heteroatoms. The highest BCUT2D eigenvalue weighted by atomic mass is 16.1. The molecule has 0 unspecified atom stereocenters. The number of nitrogens with zero attached hydrogens (tertiary/aromatic N) is 4. The summed E-state index contributed by atoms with van der Waals surface area (Å²) in [6.45, 7) is 2.88. The van der Waals surface area contributed by atoms with Crippen molar-refractivity contribution in [3.8, 4) is 11.3 Å². The van der Waals surface area contributed by atoms with Crippen molar-refractivity contribution in [1.82, 2.24) is 19.9 Å². The molecule has 28 heavy (non-hydrogen) atoms. The summed E-state index contributed by atoms with van der Waals surface area (Å²) < 4.78 is 0. The van der Waals surface area contributed by atoms with Crippen molar-refractivity contribution in [1.29, 1.82) is 0 Å². The van der Waals surface area contributed by atoms with Gasteiger partial charge in [-0.15, -0.1) is 0 Å². The van der Waals surface area contributed by atoms with Crippen LogP contribution in [0.1, 0.15) is 40.4 Å². The number of benzene rings is 1. The number of amides is 1. The van der Waals surface area contributed by atoms with E-state index in [9.17, 15) is 4.79 Å². The molecule has 0 bridgehead atoms. The Kier molecular flexibility index (Phi) is 5.39. The van der Waals surface area contributed by atoms with Crippen molar-refractivity contribution in [2.75, 3.05) is 13.1 Å². The van der Waals surface area contributed by atoms with E-state index in [1.165, 1.54) is 5.56 Å². The second-order valence-electron chi connectivity index (χ2n) is 7.17. The van der Waals surface area contributed by atoms with E-state index in [1.54, 1.807) is 30.7 Å². The first-order valence-corrected chi connectivity index (χ1v) is 9.53.